The molecular formula is C7H10N4O2S. The first-order valence-electron chi connectivity index (χ1n) is 4.27. The number of carbonyl (C=O) groups is 1. The van der Waals surface area contributed by atoms with Gasteiger partial charge in [-0.15, -0.1) is 10.2 Å². The monoisotopic (exact) mass is 214 g/mol. The first kappa shape index (κ1) is 9.35. The number of nitrogens with two attached hydrogens (primary N) is 1. The zero-order chi connectivity index (χ0) is 9.97. The van der Waals surface area contributed by atoms with E-state index in [0.717, 1.165) is 24.5 Å². The highest BCUT2D eigenvalue weighted by atomic mass is 32.1. The second-order valence-corrected chi connectivity index (χ2v) is 3.95. The Bertz CT molecular complexity index is 334. The van der Waals surface area contributed by atoms with Crippen molar-refractivity contribution in [2.45, 2.75) is 18.9 Å². The fourth-order valence-corrected chi connectivity index (χ4v) is 2.12. The van der Waals surface area contributed by atoms with Crippen LogP contribution in [0, 0.1) is 0 Å². The van der Waals surface area contributed by atoms with E-state index in [1.807, 2.05) is 0 Å². The molecule has 0 spiro atoms. The molecule has 0 aliphatic carbocycles. The van der Waals surface area contributed by atoms with Gasteiger partial charge >= 0.3 is 6.03 Å². The van der Waals surface area contributed by atoms with Gasteiger partial charge in [-0.05, 0) is 12.8 Å². The van der Waals surface area contributed by atoms with Crippen molar-refractivity contribution >= 4 is 22.5 Å². The molecule has 1 fully saturated rings. The van der Waals surface area contributed by atoms with Gasteiger partial charge in [0.05, 0.1) is 0 Å². The summed E-state index contributed by atoms with van der Waals surface area (Å²) in [5.74, 6) is 0. The molecule has 2 heterocycles. The van der Waals surface area contributed by atoms with E-state index >= 15 is 0 Å². The summed E-state index contributed by atoms with van der Waals surface area (Å²) in [4.78, 5) is 10.5. The van der Waals surface area contributed by atoms with Gasteiger partial charge in [-0.25, -0.2) is 4.79 Å². The fourth-order valence-electron chi connectivity index (χ4n) is 1.29. The standard InChI is InChI=1S/C7H10N4O2S/c8-6(12)9-7-11-10-5(14-7)4-2-1-3-13-4/h4H,1-3H2,(H3,8,9,11,12). The quantitative estimate of drug-likeness (QED) is 0.764. The lowest BCUT2D eigenvalue weighted by atomic mass is 10.2. The molecule has 3 N–H and O–H groups in total. The van der Waals surface area contributed by atoms with Gasteiger partial charge in [-0.3, -0.25) is 5.32 Å². The predicted molar refractivity (Wildman–Crippen MR) is 51.0 cm³/mol. The summed E-state index contributed by atoms with van der Waals surface area (Å²) in [6.45, 7) is 0.767. The van der Waals surface area contributed by atoms with Gasteiger partial charge in [0.25, 0.3) is 0 Å². The number of primary amides is 1. The zero-order valence-electron chi connectivity index (χ0n) is 7.40. The Morgan fingerprint density at radius 1 is 1.64 bits per heavy atom. The normalized spacial score (nSPS) is 21.0. The summed E-state index contributed by atoms with van der Waals surface area (Å²) in [5, 5.41) is 11.3. The third-order valence-corrected chi connectivity index (χ3v) is 2.81. The van der Waals surface area contributed by atoms with Crippen molar-refractivity contribution in [3.63, 3.8) is 0 Å². The van der Waals surface area contributed by atoms with Crippen LogP contribution in [0.1, 0.15) is 24.0 Å². The first-order chi connectivity index (χ1) is 6.75. The van der Waals surface area contributed by atoms with Gasteiger partial charge in [0.2, 0.25) is 5.13 Å². The molecule has 2 rings (SSSR count). The lowest BCUT2D eigenvalue weighted by Crippen LogP contribution is -2.18. The molecule has 6 nitrogen and oxygen atoms in total. The minimum atomic E-state index is -0.625. The molecular weight excluding hydrogens is 204 g/mol. The van der Waals surface area contributed by atoms with Crippen molar-refractivity contribution in [3.05, 3.63) is 5.01 Å². The number of aromatic nitrogens is 2. The molecule has 7 heteroatoms. The lowest BCUT2D eigenvalue weighted by Gasteiger charge is -2.01. The molecule has 76 valence electrons. The van der Waals surface area contributed by atoms with Crippen LogP contribution in [0.25, 0.3) is 0 Å². The van der Waals surface area contributed by atoms with Crippen LogP contribution in [0.2, 0.25) is 0 Å². The third-order valence-electron chi connectivity index (χ3n) is 1.88. The van der Waals surface area contributed by atoms with Crippen LogP contribution in [0.5, 0.6) is 0 Å². The average molecular weight is 214 g/mol. The molecule has 0 aromatic carbocycles. The number of hydrogen-bond donors (Lipinski definition) is 2. The number of hydrogen-bond acceptors (Lipinski definition) is 5. The highest BCUT2D eigenvalue weighted by molar-refractivity contribution is 7.15. The maximum Gasteiger partial charge on any atom is 0.318 e. The van der Waals surface area contributed by atoms with Crippen molar-refractivity contribution in [3.8, 4) is 0 Å². The van der Waals surface area contributed by atoms with E-state index in [-0.39, 0.29) is 6.10 Å². The SMILES string of the molecule is NC(=O)Nc1nnc(C2CCCO2)s1. The first-order valence-corrected chi connectivity index (χ1v) is 5.09. The Hall–Kier alpha value is -1.21. The molecule has 1 aliphatic heterocycles. The van der Waals surface area contributed by atoms with E-state index in [4.69, 9.17) is 10.5 Å². The van der Waals surface area contributed by atoms with E-state index in [0.29, 0.717) is 5.13 Å². The summed E-state index contributed by atoms with van der Waals surface area (Å²) in [6, 6.07) is -0.625. The molecule has 0 saturated carbocycles. The van der Waals surface area contributed by atoms with E-state index in [2.05, 4.69) is 15.5 Å². The fraction of sp³-hybridized carbons (Fsp3) is 0.571. The van der Waals surface area contributed by atoms with Crippen LogP contribution in [0.15, 0.2) is 0 Å². The maximum absolute atomic E-state index is 10.5. The number of ether oxygens (including phenoxy) is 1. The third kappa shape index (κ3) is 1.99. The highest BCUT2D eigenvalue weighted by Crippen LogP contribution is 2.31. The number of urea groups is 1. The van der Waals surface area contributed by atoms with Gasteiger partial charge in [0.1, 0.15) is 11.1 Å². The second-order valence-electron chi connectivity index (χ2n) is 2.94. The molecule has 1 aromatic heterocycles. The average Bonchev–Trinajstić information content (AvgIpc) is 2.69. The Morgan fingerprint density at radius 3 is 3.14 bits per heavy atom. The van der Waals surface area contributed by atoms with E-state index in [1.54, 1.807) is 0 Å². The number of rotatable bonds is 2. The van der Waals surface area contributed by atoms with Crippen LogP contribution >= 0.6 is 11.3 Å². The van der Waals surface area contributed by atoms with E-state index in [1.165, 1.54) is 11.3 Å². The van der Waals surface area contributed by atoms with Crippen molar-refractivity contribution in [1.82, 2.24) is 10.2 Å². The number of amides is 2. The molecule has 14 heavy (non-hydrogen) atoms. The Morgan fingerprint density at radius 2 is 2.50 bits per heavy atom. The van der Waals surface area contributed by atoms with Crippen LogP contribution < -0.4 is 11.1 Å². The number of nitrogens with zero attached hydrogens (tertiary/aromatic N) is 2. The van der Waals surface area contributed by atoms with Gasteiger partial charge in [-0.2, -0.15) is 0 Å². The Labute approximate surface area is 84.5 Å². The maximum atomic E-state index is 10.5. The van der Waals surface area contributed by atoms with E-state index < -0.39 is 6.03 Å². The summed E-state index contributed by atoms with van der Waals surface area (Å²) >= 11 is 1.30. The molecule has 0 bridgehead atoms. The van der Waals surface area contributed by atoms with Crippen LogP contribution in [-0.2, 0) is 4.74 Å². The van der Waals surface area contributed by atoms with E-state index in [9.17, 15) is 4.79 Å². The summed E-state index contributed by atoms with van der Waals surface area (Å²) in [6.07, 6.45) is 2.05. The molecule has 2 amide bonds. The number of nitrogens with one attached hydrogen (secondary N) is 1. The van der Waals surface area contributed by atoms with Crippen LogP contribution in [-0.4, -0.2) is 22.8 Å². The Kier molecular flexibility index (Phi) is 2.60. The number of carbonyl (C=O) groups excluding carboxylic acids is 1. The summed E-state index contributed by atoms with van der Waals surface area (Å²) < 4.78 is 5.42. The zero-order valence-corrected chi connectivity index (χ0v) is 8.21. The summed E-state index contributed by atoms with van der Waals surface area (Å²) in [5.41, 5.74) is 4.94. The molecule has 1 atom stereocenters. The molecule has 1 aromatic rings. The molecule has 1 unspecified atom stereocenters. The van der Waals surface area contributed by atoms with Crippen LogP contribution in [0.4, 0.5) is 9.93 Å². The van der Waals surface area contributed by atoms with Crippen LogP contribution in [0.3, 0.4) is 0 Å². The molecule has 1 saturated heterocycles. The Balaban J connectivity index is 2.05. The summed E-state index contributed by atoms with van der Waals surface area (Å²) in [7, 11) is 0. The van der Waals surface area contributed by atoms with Gasteiger partial charge in [0, 0.05) is 6.61 Å². The minimum absolute atomic E-state index is 0.0379. The molecule has 0 radical (unpaired) electrons. The predicted octanol–water partition coefficient (Wildman–Crippen LogP) is 0.880. The second kappa shape index (κ2) is 3.89. The van der Waals surface area contributed by atoms with Crippen molar-refractivity contribution in [2.75, 3.05) is 11.9 Å². The lowest BCUT2D eigenvalue weighted by molar-refractivity contribution is 0.111. The van der Waals surface area contributed by atoms with Crippen molar-refractivity contribution < 1.29 is 9.53 Å². The topological polar surface area (TPSA) is 90.1 Å². The number of anilines is 1. The van der Waals surface area contributed by atoms with Gasteiger partial charge in [-0.1, -0.05) is 11.3 Å². The largest absolute Gasteiger partial charge is 0.371 e. The highest BCUT2D eigenvalue weighted by Gasteiger charge is 2.21. The van der Waals surface area contributed by atoms with Crippen molar-refractivity contribution in [2.24, 2.45) is 5.73 Å². The smallest absolute Gasteiger partial charge is 0.318 e. The van der Waals surface area contributed by atoms with Crippen molar-refractivity contribution in [1.29, 1.82) is 0 Å². The van der Waals surface area contributed by atoms with Gasteiger partial charge in [0.15, 0.2) is 0 Å². The molecule has 1 aliphatic rings. The minimum Gasteiger partial charge on any atom is -0.371 e. The van der Waals surface area contributed by atoms with Gasteiger partial charge < -0.3 is 10.5 Å².